The van der Waals surface area contributed by atoms with Gasteiger partial charge in [-0.15, -0.1) is 0 Å². The van der Waals surface area contributed by atoms with Crippen molar-refractivity contribution in [2.24, 2.45) is 0 Å². The Morgan fingerprint density at radius 1 is 1.19 bits per heavy atom. The molecule has 2 N–H and O–H groups in total. The van der Waals surface area contributed by atoms with Crippen molar-refractivity contribution in [2.75, 3.05) is 24.9 Å². The van der Waals surface area contributed by atoms with Crippen molar-refractivity contribution in [2.45, 2.75) is 0 Å². The van der Waals surface area contributed by atoms with Crippen LogP contribution < -0.4 is 20.1 Å². The Morgan fingerprint density at radius 3 is 2.56 bits per heavy atom. The first-order chi connectivity index (χ1) is 13.0. The SMILES string of the molecule is COc1ccc(OC)c(N/C=C(/C#N)C(=O)Nc2ccccc2[N+](=O)[O-])c1. The van der Waals surface area contributed by atoms with Gasteiger partial charge in [-0.05, 0) is 18.2 Å². The van der Waals surface area contributed by atoms with Crippen LogP contribution in [0.2, 0.25) is 0 Å². The molecule has 27 heavy (non-hydrogen) atoms. The summed E-state index contributed by atoms with van der Waals surface area (Å²) in [5.74, 6) is 0.235. The minimum absolute atomic E-state index is 0.00684. The highest BCUT2D eigenvalue weighted by Gasteiger charge is 2.17. The van der Waals surface area contributed by atoms with Crippen LogP contribution in [0.3, 0.4) is 0 Å². The molecule has 0 radical (unpaired) electrons. The lowest BCUT2D eigenvalue weighted by atomic mass is 10.2. The van der Waals surface area contributed by atoms with Crippen molar-refractivity contribution >= 4 is 23.0 Å². The molecule has 9 nitrogen and oxygen atoms in total. The summed E-state index contributed by atoms with van der Waals surface area (Å²) in [6, 6.07) is 12.4. The molecule has 0 spiro atoms. The van der Waals surface area contributed by atoms with Gasteiger partial charge in [0.1, 0.15) is 28.8 Å². The van der Waals surface area contributed by atoms with E-state index in [1.807, 2.05) is 0 Å². The van der Waals surface area contributed by atoms with Crippen LogP contribution in [0.1, 0.15) is 0 Å². The maximum Gasteiger partial charge on any atom is 0.292 e. The number of anilines is 2. The molecule has 9 heteroatoms. The molecule has 0 saturated carbocycles. The minimum atomic E-state index is -0.791. The third-order valence-electron chi connectivity index (χ3n) is 3.49. The van der Waals surface area contributed by atoms with E-state index in [1.54, 1.807) is 24.3 Å². The van der Waals surface area contributed by atoms with Crippen LogP contribution in [0.5, 0.6) is 11.5 Å². The van der Waals surface area contributed by atoms with Crippen LogP contribution >= 0.6 is 0 Å². The predicted molar refractivity (Wildman–Crippen MR) is 98.6 cm³/mol. The summed E-state index contributed by atoms with van der Waals surface area (Å²) < 4.78 is 10.3. The number of nitrogens with one attached hydrogen (secondary N) is 2. The molecule has 0 fully saturated rings. The average molecular weight is 368 g/mol. The lowest BCUT2D eigenvalue weighted by Gasteiger charge is -2.10. The Bertz CT molecular complexity index is 934. The number of nitro benzene ring substituents is 1. The molecule has 1 amide bonds. The zero-order valence-electron chi connectivity index (χ0n) is 14.6. The van der Waals surface area contributed by atoms with Gasteiger partial charge in [0.25, 0.3) is 11.6 Å². The van der Waals surface area contributed by atoms with Crippen molar-refractivity contribution < 1.29 is 19.2 Å². The van der Waals surface area contributed by atoms with Crippen molar-refractivity contribution in [3.8, 4) is 17.6 Å². The monoisotopic (exact) mass is 368 g/mol. The molecule has 0 heterocycles. The topological polar surface area (TPSA) is 127 Å². The summed E-state index contributed by atoms with van der Waals surface area (Å²) in [5, 5.41) is 25.4. The number of benzene rings is 2. The smallest absolute Gasteiger partial charge is 0.292 e. The molecule has 0 aliphatic rings. The average Bonchev–Trinajstić information content (AvgIpc) is 2.68. The Balaban J connectivity index is 2.23. The number of carbonyl (C=O) groups excluding carboxylic acids is 1. The quantitative estimate of drug-likeness (QED) is 0.333. The number of ether oxygens (including phenoxy) is 2. The van der Waals surface area contributed by atoms with E-state index in [-0.39, 0.29) is 16.9 Å². The van der Waals surface area contributed by atoms with E-state index in [0.29, 0.717) is 17.2 Å². The normalized spacial score (nSPS) is 10.5. The number of amides is 1. The second-order valence-electron chi connectivity index (χ2n) is 5.11. The van der Waals surface area contributed by atoms with E-state index in [4.69, 9.17) is 9.47 Å². The summed E-state index contributed by atoms with van der Waals surface area (Å²) in [7, 11) is 2.98. The second kappa shape index (κ2) is 8.87. The summed E-state index contributed by atoms with van der Waals surface area (Å²) in [5.41, 5.74) is -0.0840. The van der Waals surface area contributed by atoms with Gasteiger partial charge < -0.3 is 20.1 Å². The number of para-hydroxylation sites is 2. The van der Waals surface area contributed by atoms with E-state index in [0.717, 1.165) is 0 Å². The fourth-order valence-corrected chi connectivity index (χ4v) is 2.15. The highest BCUT2D eigenvalue weighted by Crippen LogP contribution is 2.29. The summed E-state index contributed by atoms with van der Waals surface area (Å²) in [4.78, 5) is 22.7. The molecule has 2 aromatic carbocycles. The maximum absolute atomic E-state index is 12.3. The molecule has 2 rings (SSSR count). The number of nitro groups is 1. The molecular formula is C18H16N4O5. The largest absolute Gasteiger partial charge is 0.497 e. The van der Waals surface area contributed by atoms with E-state index < -0.39 is 10.8 Å². The second-order valence-corrected chi connectivity index (χ2v) is 5.11. The zero-order chi connectivity index (χ0) is 19.8. The van der Waals surface area contributed by atoms with Crippen LogP contribution in [0.15, 0.2) is 54.2 Å². The number of nitriles is 1. The first-order valence-corrected chi connectivity index (χ1v) is 7.63. The molecule has 0 atom stereocenters. The number of hydrogen-bond acceptors (Lipinski definition) is 7. The molecule has 138 valence electrons. The highest BCUT2D eigenvalue weighted by atomic mass is 16.6. The Kier molecular flexibility index (Phi) is 6.33. The number of rotatable bonds is 7. The first kappa shape index (κ1) is 19.3. The third-order valence-corrected chi connectivity index (χ3v) is 3.49. The van der Waals surface area contributed by atoms with Gasteiger partial charge in [0.05, 0.1) is 24.8 Å². The predicted octanol–water partition coefficient (Wildman–Crippen LogP) is 3.07. The van der Waals surface area contributed by atoms with Gasteiger partial charge in [0.2, 0.25) is 0 Å². The van der Waals surface area contributed by atoms with Crippen molar-refractivity contribution in [1.29, 1.82) is 5.26 Å². The molecular weight excluding hydrogens is 352 g/mol. The zero-order valence-corrected chi connectivity index (χ0v) is 14.6. The summed E-state index contributed by atoms with van der Waals surface area (Å²) in [6.45, 7) is 0. The lowest BCUT2D eigenvalue weighted by molar-refractivity contribution is -0.383. The molecule has 0 bridgehead atoms. The fourth-order valence-electron chi connectivity index (χ4n) is 2.15. The molecule has 0 unspecified atom stereocenters. The Morgan fingerprint density at radius 2 is 1.93 bits per heavy atom. The van der Waals surface area contributed by atoms with Gasteiger partial charge in [-0.25, -0.2) is 0 Å². The molecule has 0 saturated heterocycles. The number of methoxy groups -OCH3 is 2. The molecule has 0 aliphatic carbocycles. The first-order valence-electron chi connectivity index (χ1n) is 7.63. The van der Waals surface area contributed by atoms with E-state index in [1.165, 1.54) is 44.7 Å². The molecule has 0 aliphatic heterocycles. The van der Waals surface area contributed by atoms with Crippen LogP contribution in [0, 0.1) is 21.4 Å². The van der Waals surface area contributed by atoms with Gasteiger partial charge in [-0.1, -0.05) is 12.1 Å². The van der Waals surface area contributed by atoms with Gasteiger partial charge in [-0.3, -0.25) is 14.9 Å². The fraction of sp³-hybridized carbons (Fsp3) is 0.111. The van der Waals surface area contributed by atoms with Gasteiger partial charge in [0.15, 0.2) is 0 Å². The van der Waals surface area contributed by atoms with E-state index >= 15 is 0 Å². The Hall–Kier alpha value is -4.06. The van der Waals surface area contributed by atoms with Gasteiger partial charge >= 0.3 is 0 Å². The third kappa shape index (κ3) is 4.73. The van der Waals surface area contributed by atoms with Crippen LogP contribution in [0.25, 0.3) is 0 Å². The summed E-state index contributed by atoms with van der Waals surface area (Å²) >= 11 is 0. The number of hydrogen-bond donors (Lipinski definition) is 2. The Labute approximate surface area is 155 Å². The highest BCUT2D eigenvalue weighted by molar-refractivity contribution is 6.07. The lowest BCUT2D eigenvalue weighted by Crippen LogP contribution is -2.15. The molecule has 2 aromatic rings. The van der Waals surface area contributed by atoms with Crippen LogP contribution in [0.4, 0.5) is 17.1 Å². The standard InChI is InChI=1S/C18H16N4O5/c1-26-13-7-8-17(27-2)15(9-13)20-11-12(10-19)18(23)21-14-5-3-4-6-16(14)22(24)25/h3-9,11,20H,1-2H3,(H,21,23)/b12-11-. The van der Waals surface area contributed by atoms with Crippen molar-refractivity contribution in [3.63, 3.8) is 0 Å². The van der Waals surface area contributed by atoms with Crippen molar-refractivity contribution in [1.82, 2.24) is 0 Å². The van der Waals surface area contributed by atoms with E-state index in [9.17, 15) is 20.2 Å². The van der Waals surface area contributed by atoms with Gasteiger partial charge in [0, 0.05) is 18.3 Å². The number of nitrogens with zero attached hydrogens (tertiary/aromatic N) is 2. The van der Waals surface area contributed by atoms with Crippen molar-refractivity contribution in [3.05, 3.63) is 64.4 Å². The van der Waals surface area contributed by atoms with Crippen LogP contribution in [-0.2, 0) is 4.79 Å². The van der Waals surface area contributed by atoms with Crippen LogP contribution in [-0.4, -0.2) is 25.1 Å². The maximum atomic E-state index is 12.3. The van der Waals surface area contributed by atoms with E-state index in [2.05, 4.69) is 10.6 Å². The minimum Gasteiger partial charge on any atom is -0.497 e. The molecule has 0 aromatic heterocycles. The summed E-state index contributed by atoms with van der Waals surface area (Å²) in [6.07, 6.45) is 1.18. The number of carbonyl (C=O) groups is 1. The van der Waals surface area contributed by atoms with Gasteiger partial charge in [-0.2, -0.15) is 5.26 Å².